The molecule has 0 bridgehead atoms. The Bertz CT molecular complexity index is 369. The SMILES string of the molecule is CCOCCN(CC)Cc1ccc(OC)c(CN)c1. The highest BCUT2D eigenvalue weighted by molar-refractivity contribution is 5.37. The van der Waals surface area contributed by atoms with Crippen LogP contribution in [0.2, 0.25) is 0 Å². The predicted molar refractivity (Wildman–Crippen MR) is 78.3 cm³/mol. The molecule has 0 amide bonds. The molecule has 0 unspecified atom stereocenters. The number of ether oxygens (including phenoxy) is 2. The minimum absolute atomic E-state index is 0.502. The van der Waals surface area contributed by atoms with Crippen LogP contribution in [0.4, 0.5) is 0 Å². The first-order valence-electron chi connectivity index (χ1n) is 6.91. The van der Waals surface area contributed by atoms with Gasteiger partial charge in [0, 0.05) is 31.8 Å². The average Bonchev–Trinajstić information content (AvgIpc) is 2.46. The second kappa shape index (κ2) is 8.91. The normalized spacial score (nSPS) is 11.0. The number of nitrogens with zero attached hydrogens (tertiary/aromatic N) is 1. The zero-order valence-corrected chi connectivity index (χ0v) is 12.3. The summed E-state index contributed by atoms with van der Waals surface area (Å²) in [6, 6.07) is 6.22. The third-order valence-electron chi connectivity index (χ3n) is 3.17. The number of methoxy groups -OCH3 is 1. The van der Waals surface area contributed by atoms with Gasteiger partial charge >= 0.3 is 0 Å². The molecule has 0 spiro atoms. The second-order valence-corrected chi connectivity index (χ2v) is 4.42. The summed E-state index contributed by atoms with van der Waals surface area (Å²) in [5.74, 6) is 0.864. The highest BCUT2D eigenvalue weighted by Crippen LogP contribution is 2.20. The number of hydrogen-bond donors (Lipinski definition) is 1. The van der Waals surface area contributed by atoms with E-state index in [1.165, 1.54) is 5.56 Å². The van der Waals surface area contributed by atoms with Crippen molar-refractivity contribution in [1.82, 2.24) is 4.90 Å². The summed E-state index contributed by atoms with van der Waals surface area (Å²) < 4.78 is 10.7. The van der Waals surface area contributed by atoms with E-state index in [0.29, 0.717) is 6.54 Å². The molecular formula is C15H26N2O2. The molecule has 0 aliphatic carbocycles. The van der Waals surface area contributed by atoms with Crippen molar-refractivity contribution in [2.24, 2.45) is 5.73 Å². The molecule has 0 fully saturated rings. The van der Waals surface area contributed by atoms with E-state index < -0.39 is 0 Å². The van der Waals surface area contributed by atoms with E-state index in [2.05, 4.69) is 24.0 Å². The molecule has 1 aromatic rings. The van der Waals surface area contributed by atoms with Gasteiger partial charge < -0.3 is 15.2 Å². The molecule has 0 heterocycles. The summed E-state index contributed by atoms with van der Waals surface area (Å²) >= 11 is 0. The summed E-state index contributed by atoms with van der Waals surface area (Å²) in [6.45, 7) is 9.13. The topological polar surface area (TPSA) is 47.7 Å². The minimum atomic E-state index is 0.502. The maximum Gasteiger partial charge on any atom is 0.123 e. The lowest BCUT2D eigenvalue weighted by atomic mass is 10.1. The van der Waals surface area contributed by atoms with E-state index in [-0.39, 0.29) is 0 Å². The Hall–Kier alpha value is -1.10. The van der Waals surface area contributed by atoms with Gasteiger partial charge in [0.15, 0.2) is 0 Å². The van der Waals surface area contributed by atoms with Gasteiger partial charge in [-0.2, -0.15) is 0 Å². The van der Waals surface area contributed by atoms with E-state index in [0.717, 1.165) is 44.2 Å². The fourth-order valence-corrected chi connectivity index (χ4v) is 2.03. The van der Waals surface area contributed by atoms with Gasteiger partial charge in [0.1, 0.15) is 5.75 Å². The van der Waals surface area contributed by atoms with E-state index in [9.17, 15) is 0 Å². The molecule has 0 saturated heterocycles. The summed E-state index contributed by atoms with van der Waals surface area (Å²) in [5, 5.41) is 0. The number of nitrogens with two attached hydrogens (primary N) is 1. The van der Waals surface area contributed by atoms with Crippen LogP contribution in [0.1, 0.15) is 25.0 Å². The fraction of sp³-hybridized carbons (Fsp3) is 0.600. The van der Waals surface area contributed by atoms with Crippen molar-refractivity contribution in [2.45, 2.75) is 26.9 Å². The molecule has 4 nitrogen and oxygen atoms in total. The molecule has 4 heteroatoms. The van der Waals surface area contributed by atoms with Gasteiger partial charge in [-0.1, -0.05) is 13.0 Å². The van der Waals surface area contributed by atoms with Crippen LogP contribution in [0.3, 0.4) is 0 Å². The largest absolute Gasteiger partial charge is 0.496 e. The summed E-state index contributed by atoms with van der Waals surface area (Å²) in [4.78, 5) is 2.36. The quantitative estimate of drug-likeness (QED) is 0.695. The van der Waals surface area contributed by atoms with Crippen LogP contribution < -0.4 is 10.5 Å². The van der Waals surface area contributed by atoms with Crippen LogP contribution in [0.25, 0.3) is 0 Å². The number of benzene rings is 1. The molecule has 2 N–H and O–H groups in total. The van der Waals surface area contributed by atoms with Crippen molar-refractivity contribution >= 4 is 0 Å². The molecule has 0 aliphatic rings. The Kier molecular flexibility index (Phi) is 7.48. The average molecular weight is 266 g/mol. The molecule has 108 valence electrons. The Morgan fingerprint density at radius 1 is 1.26 bits per heavy atom. The third-order valence-corrected chi connectivity index (χ3v) is 3.17. The molecule has 0 aliphatic heterocycles. The molecule has 1 rings (SSSR count). The zero-order chi connectivity index (χ0) is 14.1. The first-order valence-corrected chi connectivity index (χ1v) is 6.91. The molecule has 1 aromatic carbocycles. The van der Waals surface area contributed by atoms with Gasteiger partial charge in [-0.3, -0.25) is 4.90 Å². The van der Waals surface area contributed by atoms with Crippen molar-refractivity contribution in [3.05, 3.63) is 29.3 Å². The van der Waals surface area contributed by atoms with E-state index in [4.69, 9.17) is 15.2 Å². The van der Waals surface area contributed by atoms with Crippen molar-refractivity contribution < 1.29 is 9.47 Å². The summed E-state index contributed by atoms with van der Waals surface area (Å²) in [6.07, 6.45) is 0. The highest BCUT2D eigenvalue weighted by atomic mass is 16.5. The molecule has 0 aromatic heterocycles. The van der Waals surface area contributed by atoms with Crippen molar-refractivity contribution in [3.8, 4) is 5.75 Å². The minimum Gasteiger partial charge on any atom is -0.496 e. The predicted octanol–water partition coefficient (Wildman–Crippen LogP) is 2.01. The number of hydrogen-bond acceptors (Lipinski definition) is 4. The third kappa shape index (κ3) is 5.19. The smallest absolute Gasteiger partial charge is 0.123 e. The van der Waals surface area contributed by atoms with E-state index in [1.807, 2.05) is 13.0 Å². The Labute approximate surface area is 116 Å². The molecule has 0 atom stereocenters. The highest BCUT2D eigenvalue weighted by Gasteiger charge is 2.07. The van der Waals surface area contributed by atoms with Crippen LogP contribution in [0.15, 0.2) is 18.2 Å². The first-order chi connectivity index (χ1) is 9.24. The van der Waals surface area contributed by atoms with Gasteiger partial charge in [-0.05, 0) is 31.2 Å². The van der Waals surface area contributed by atoms with Crippen molar-refractivity contribution in [1.29, 1.82) is 0 Å². The van der Waals surface area contributed by atoms with Crippen molar-refractivity contribution in [2.75, 3.05) is 33.4 Å². The molecule has 0 radical (unpaired) electrons. The Morgan fingerprint density at radius 3 is 2.63 bits per heavy atom. The van der Waals surface area contributed by atoms with E-state index in [1.54, 1.807) is 7.11 Å². The lowest BCUT2D eigenvalue weighted by Crippen LogP contribution is -2.27. The maximum absolute atomic E-state index is 5.74. The number of rotatable bonds is 9. The van der Waals surface area contributed by atoms with Gasteiger partial charge in [0.25, 0.3) is 0 Å². The fourth-order valence-electron chi connectivity index (χ4n) is 2.03. The monoisotopic (exact) mass is 266 g/mol. The molecule has 0 saturated carbocycles. The van der Waals surface area contributed by atoms with Crippen molar-refractivity contribution in [3.63, 3.8) is 0 Å². The van der Waals surface area contributed by atoms with Crippen LogP contribution in [-0.4, -0.2) is 38.3 Å². The molecule has 19 heavy (non-hydrogen) atoms. The summed E-state index contributed by atoms with van der Waals surface area (Å²) in [5.41, 5.74) is 8.06. The van der Waals surface area contributed by atoms with Crippen LogP contribution in [-0.2, 0) is 17.8 Å². The van der Waals surface area contributed by atoms with Crippen LogP contribution in [0.5, 0.6) is 5.75 Å². The van der Waals surface area contributed by atoms with E-state index >= 15 is 0 Å². The van der Waals surface area contributed by atoms with Crippen LogP contribution >= 0.6 is 0 Å². The lowest BCUT2D eigenvalue weighted by molar-refractivity contribution is 0.113. The second-order valence-electron chi connectivity index (χ2n) is 4.42. The van der Waals surface area contributed by atoms with Gasteiger partial charge in [-0.25, -0.2) is 0 Å². The van der Waals surface area contributed by atoms with Gasteiger partial charge in [0.2, 0.25) is 0 Å². The summed E-state index contributed by atoms with van der Waals surface area (Å²) in [7, 11) is 1.68. The molecular weight excluding hydrogens is 240 g/mol. The Morgan fingerprint density at radius 2 is 2.05 bits per heavy atom. The maximum atomic E-state index is 5.74. The van der Waals surface area contributed by atoms with Gasteiger partial charge in [0.05, 0.1) is 13.7 Å². The first kappa shape index (κ1) is 16.0. The lowest BCUT2D eigenvalue weighted by Gasteiger charge is -2.21. The standard InChI is InChI=1S/C15H26N2O2/c1-4-17(8-9-19-5-2)12-13-6-7-15(18-3)14(10-13)11-16/h6-7,10H,4-5,8-9,11-12,16H2,1-3H3. The number of likely N-dealkylation sites (N-methyl/N-ethyl adjacent to an activating group) is 1. The van der Waals surface area contributed by atoms with Gasteiger partial charge in [-0.15, -0.1) is 0 Å². The van der Waals surface area contributed by atoms with Crippen LogP contribution in [0, 0.1) is 0 Å². The zero-order valence-electron chi connectivity index (χ0n) is 12.3. The Balaban J connectivity index is 2.63.